The summed E-state index contributed by atoms with van der Waals surface area (Å²) in [7, 11) is 1.52. The Balaban J connectivity index is 1.86. The Labute approximate surface area is 143 Å². The largest absolute Gasteiger partial charge is 0.309 e. The molecule has 0 radical (unpaired) electrons. The van der Waals surface area contributed by atoms with Crippen molar-refractivity contribution >= 4 is 33.6 Å². The number of hydrogen-bond acceptors (Lipinski definition) is 2. The fraction of sp³-hybridized carbons (Fsp3) is 0.0476. The molecule has 4 aromatic rings. The summed E-state index contributed by atoms with van der Waals surface area (Å²) in [6, 6.07) is 21.9. The maximum Gasteiger partial charge on any atom is 0.261 e. The zero-order valence-electron chi connectivity index (χ0n) is 13.6. The normalized spacial score (nSPS) is 13.9. The first kappa shape index (κ1) is 14.0. The van der Waals surface area contributed by atoms with E-state index in [0.717, 1.165) is 27.5 Å². The van der Waals surface area contributed by atoms with Gasteiger partial charge in [-0.05, 0) is 30.3 Å². The van der Waals surface area contributed by atoms with Crippen molar-refractivity contribution in [1.82, 2.24) is 9.47 Å². The number of para-hydroxylation sites is 2. The summed E-state index contributed by atoms with van der Waals surface area (Å²) in [6.45, 7) is 0. The number of hydrogen-bond donors (Lipinski definition) is 0. The summed E-state index contributed by atoms with van der Waals surface area (Å²) in [6.07, 6.45) is 0. The molecule has 1 aliphatic heterocycles. The van der Waals surface area contributed by atoms with Gasteiger partial charge in [-0.1, -0.05) is 36.4 Å². The third-order valence-corrected chi connectivity index (χ3v) is 4.91. The molecule has 1 aliphatic rings. The minimum Gasteiger partial charge on any atom is -0.309 e. The van der Waals surface area contributed by atoms with Gasteiger partial charge in [0.05, 0.1) is 22.2 Å². The van der Waals surface area contributed by atoms with Crippen LogP contribution in [-0.4, -0.2) is 28.3 Å². The van der Waals surface area contributed by atoms with Crippen molar-refractivity contribution in [2.45, 2.75) is 0 Å². The van der Waals surface area contributed by atoms with Gasteiger partial charge < -0.3 is 4.57 Å². The quantitative estimate of drug-likeness (QED) is 0.496. The highest BCUT2D eigenvalue weighted by atomic mass is 16.2. The fourth-order valence-electron chi connectivity index (χ4n) is 3.69. The number of amides is 2. The van der Waals surface area contributed by atoms with Crippen molar-refractivity contribution in [3.63, 3.8) is 0 Å². The molecule has 2 heterocycles. The highest BCUT2D eigenvalue weighted by Gasteiger charge is 2.33. The predicted octanol–water partition coefficient (Wildman–Crippen LogP) is 4.01. The zero-order valence-corrected chi connectivity index (χ0v) is 13.6. The number of rotatable bonds is 1. The van der Waals surface area contributed by atoms with Crippen LogP contribution in [0.15, 0.2) is 66.7 Å². The first-order valence-electron chi connectivity index (χ1n) is 8.12. The van der Waals surface area contributed by atoms with Crippen LogP contribution in [0.5, 0.6) is 0 Å². The number of benzene rings is 3. The minimum absolute atomic E-state index is 0.242. The van der Waals surface area contributed by atoms with Gasteiger partial charge >= 0.3 is 0 Å². The number of fused-ring (bicyclic) bond motifs is 4. The first-order chi connectivity index (χ1) is 12.2. The highest BCUT2D eigenvalue weighted by Crippen LogP contribution is 2.33. The van der Waals surface area contributed by atoms with E-state index in [9.17, 15) is 9.59 Å². The van der Waals surface area contributed by atoms with Crippen molar-refractivity contribution in [2.24, 2.45) is 0 Å². The van der Waals surface area contributed by atoms with E-state index in [2.05, 4.69) is 28.8 Å². The van der Waals surface area contributed by atoms with E-state index >= 15 is 0 Å². The summed E-state index contributed by atoms with van der Waals surface area (Å²) in [5.41, 5.74) is 3.97. The van der Waals surface area contributed by atoms with E-state index in [4.69, 9.17) is 0 Å². The molecule has 0 N–H and O–H groups in total. The first-order valence-corrected chi connectivity index (χ1v) is 8.12. The van der Waals surface area contributed by atoms with Crippen LogP contribution >= 0.6 is 0 Å². The van der Waals surface area contributed by atoms with Gasteiger partial charge in [-0.15, -0.1) is 0 Å². The molecule has 4 heteroatoms. The van der Waals surface area contributed by atoms with E-state index in [-0.39, 0.29) is 11.8 Å². The lowest BCUT2D eigenvalue weighted by Gasteiger charge is -2.08. The standard InChI is InChI=1S/C21H14N2O2/c1-22-20(24)16-11-10-13(12-17(16)21(22)25)23-18-8-4-2-6-14(18)15-7-3-5-9-19(15)23/h2-12H,1H3. The molecule has 0 saturated heterocycles. The molecule has 5 rings (SSSR count). The molecule has 2 amide bonds. The number of nitrogens with zero attached hydrogens (tertiary/aromatic N) is 2. The third kappa shape index (κ3) is 1.76. The van der Waals surface area contributed by atoms with Crippen molar-refractivity contribution in [1.29, 1.82) is 0 Å². The van der Waals surface area contributed by atoms with Gasteiger partial charge in [0, 0.05) is 23.5 Å². The summed E-state index contributed by atoms with van der Waals surface area (Å²) in [4.78, 5) is 25.6. The number of carbonyl (C=O) groups is 2. The Morgan fingerprint density at radius 1 is 0.680 bits per heavy atom. The molecule has 0 saturated carbocycles. The van der Waals surface area contributed by atoms with E-state index in [1.165, 1.54) is 11.9 Å². The van der Waals surface area contributed by atoms with Crippen LogP contribution in [0.3, 0.4) is 0 Å². The molecule has 120 valence electrons. The van der Waals surface area contributed by atoms with Gasteiger partial charge in [0.25, 0.3) is 11.8 Å². The Hall–Kier alpha value is -3.40. The molecule has 1 aromatic heterocycles. The molecule has 3 aromatic carbocycles. The smallest absolute Gasteiger partial charge is 0.261 e. The van der Waals surface area contributed by atoms with Crippen LogP contribution in [-0.2, 0) is 0 Å². The van der Waals surface area contributed by atoms with Gasteiger partial charge in [0.15, 0.2) is 0 Å². The second-order valence-corrected chi connectivity index (χ2v) is 6.27. The van der Waals surface area contributed by atoms with E-state index < -0.39 is 0 Å². The SMILES string of the molecule is CN1C(=O)c2ccc(-n3c4ccccc4c4ccccc43)cc2C1=O. The number of imide groups is 1. The molecule has 0 bridgehead atoms. The van der Waals surface area contributed by atoms with Gasteiger partial charge in [0.1, 0.15) is 0 Å². The lowest BCUT2D eigenvalue weighted by atomic mass is 10.1. The maximum absolute atomic E-state index is 12.4. The molecule has 0 fully saturated rings. The minimum atomic E-state index is -0.248. The predicted molar refractivity (Wildman–Crippen MR) is 97.2 cm³/mol. The molecule has 25 heavy (non-hydrogen) atoms. The topological polar surface area (TPSA) is 42.3 Å². The summed E-state index contributed by atoms with van der Waals surface area (Å²) >= 11 is 0. The fourth-order valence-corrected chi connectivity index (χ4v) is 3.69. The maximum atomic E-state index is 12.4. The van der Waals surface area contributed by atoms with Gasteiger partial charge in [-0.25, -0.2) is 0 Å². The molecular formula is C21H14N2O2. The molecule has 0 spiro atoms. The second-order valence-electron chi connectivity index (χ2n) is 6.27. The van der Waals surface area contributed by atoms with E-state index in [1.807, 2.05) is 36.4 Å². The average molecular weight is 326 g/mol. The van der Waals surface area contributed by atoms with Crippen LogP contribution in [0.2, 0.25) is 0 Å². The Kier molecular flexibility index (Phi) is 2.69. The zero-order chi connectivity index (χ0) is 17.1. The highest BCUT2D eigenvalue weighted by molar-refractivity contribution is 6.21. The molecule has 0 atom stereocenters. The van der Waals surface area contributed by atoms with Gasteiger partial charge in [-0.2, -0.15) is 0 Å². The van der Waals surface area contributed by atoms with Crippen LogP contribution in [0.25, 0.3) is 27.5 Å². The van der Waals surface area contributed by atoms with Gasteiger partial charge in [0.2, 0.25) is 0 Å². The lowest BCUT2D eigenvalue weighted by Crippen LogP contribution is -2.24. The van der Waals surface area contributed by atoms with Crippen LogP contribution in [0, 0.1) is 0 Å². The Morgan fingerprint density at radius 3 is 1.88 bits per heavy atom. The summed E-state index contributed by atoms with van der Waals surface area (Å²) in [5.74, 6) is -0.489. The van der Waals surface area contributed by atoms with Crippen LogP contribution in [0.4, 0.5) is 0 Å². The average Bonchev–Trinajstić information content (AvgIpc) is 3.10. The molecule has 0 aliphatic carbocycles. The summed E-state index contributed by atoms with van der Waals surface area (Å²) < 4.78 is 2.14. The lowest BCUT2D eigenvalue weighted by molar-refractivity contribution is 0.0693. The number of carbonyl (C=O) groups excluding carboxylic acids is 2. The monoisotopic (exact) mass is 326 g/mol. The van der Waals surface area contributed by atoms with Gasteiger partial charge in [-0.3, -0.25) is 14.5 Å². The van der Waals surface area contributed by atoms with Crippen LogP contribution < -0.4 is 0 Å². The van der Waals surface area contributed by atoms with E-state index in [1.54, 1.807) is 6.07 Å². The van der Waals surface area contributed by atoms with Crippen LogP contribution in [0.1, 0.15) is 20.7 Å². The third-order valence-electron chi connectivity index (χ3n) is 4.91. The van der Waals surface area contributed by atoms with Crippen molar-refractivity contribution in [3.8, 4) is 5.69 Å². The molecule has 4 nitrogen and oxygen atoms in total. The van der Waals surface area contributed by atoms with Crippen molar-refractivity contribution in [2.75, 3.05) is 7.05 Å². The Morgan fingerprint density at radius 2 is 1.24 bits per heavy atom. The van der Waals surface area contributed by atoms with Crippen molar-refractivity contribution < 1.29 is 9.59 Å². The molecular weight excluding hydrogens is 312 g/mol. The second kappa shape index (κ2) is 4.80. The van der Waals surface area contributed by atoms with E-state index in [0.29, 0.717) is 11.1 Å². The van der Waals surface area contributed by atoms with Crippen molar-refractivity contribution in [3.05, 3.63) is 77.9 Å². The Bertz CT molecular complexity index is 1150. The summed E-state index contributed by atoms with van der Waals surface area (Å²) in [5, 5.41) is 2.33. The molecule has 0 unspecified atom stereocenters. The number of aromatic nitrogens is 1.